The molecule has 1 fully saturated rings. The second-order valence-electron chi connectivity index (χ2n) is 4.68. The first kappa shape index (κ1) is 12.1. The largest absolute Gasteiger partial charge is 0.464 e. The zero-order chi connectivity index (χ0) is 12.3. The molecule has 0 radical (unpaired) electrons. The van der Waals surface area contributed by atoms with Gasteiger partial charge in [0.25, 0.3) is 0 Å². The number of aryl methyl sites for hydroxylation is 1. The van der Waals surface area contributed by atoms with E-state index < -0.39 is 6.04 Å². The highest BCUT2D eigenvalue weighted by Gasteiger charge is 2.21. The van der Waals surface area contributed by atoms with Gasteiger partial charge in [0.05, 0.1) is 12.8 Å². The summed E-state index contributed by atoms with van der Waals surface area (Å²) in [7, 11) is 1.79. The standard InChI is InChI=1S/C12H19N3O2/c1-15-8-10(7-14-15)11(13)12(16)17-6-5-9-3-2-4-9/h7-9,11H,2-6,13H2,1H3. The minimum Gasteiger partial charge on any atom is -0.464 e. The molecule has 0 bridgehead atoms. The first-order valence-electron chi connectivity index (χ1n) is 6.07. The van der Waals surface area contributed by atoms with Crippen molar-refractivity contribution < 1.29 is 9.53 Å². The molecule has 94 valence electrons. The van der Waals surface area contributed by atoms with Gasteiger partial charge < -0.3 is 10.5 Å². The Balaban J connectivity index is 1.74. The predicted molar refractivity (Wildman–Crippen MR) is 63.1 cm³/mol. The molecule has 2 rings (SSSR count). The lowest BCUT2D eigenvalue weighted by atomic mass is 9.83. The molecule has 5 heteroatoms. The van der Waals surface area contributed by atoms with Gasteiger partial charge in [-0.1, -0.05) is 19.3 Å². The fraction of sp³-hybridized carbons (Fsp3) is 0.667. The molecule has 1 saturated carbocycles. The zero-order valence-electron chi connectivity index (χ0n) is 10.1. The van der Waals surface area contributed by atoms with Crippen LogP contribution in [0, 0.1) is 5.92 Å². The van der Waals surface area contributed by atoms with Crippen molar-refractivity contribution in [2.45, 2.75) is 31.7 Å². The molecule has 1 aliphatic carbocycles. The number of carbonyl (C=O) groups is 1. The van der Waals surface area contributed by atoms with Crippen LogP contribution in [0.15, 0.2) is 12.4 Å². The molecule has 5 nitrogen and oxygen atoms in total. The van der Waals surface area contributed by atoms with Crippen LogP contribution in [0.5, 0.6) is 0 Å². The van der Waals surface area contributed by atoms with Gasteiger partial charge in [-0.15, -0.1) is 0 Å². The van der Waals surface area contributed by atoms with Gasteiger partial charge in [0.1, 0.15) is 6.04 Å². The van der Waals surface area contributed by atoms with Crippen molar-refractivity contribution in [3.63, 3.8) is 0 Å². The Morgan fingerprint density at radius 1 is 1.71 bits per heavy atom. The molecule has 1 unspecified atom stereocenters. The lowest BCUT2D eigenvalue weighted by Gasteiger charge is -2.24. The molecule has 1 heterocycles. The first-order valence-corrected chi connectivity index (χ1v) is 6.07. The number of nitrogens with two attached hydrogens (primary N) is 1. The number of aromatic nitrogens is 2. The monoisotopic (exact) mass is 237 g/mol. The third-order valence-corrected chi connectivity index (χ3v) is 3.33. The second kappa shape index (κ2) is 5.31. The highest BCUT2D eigenvalue weighted by atomic mass is 16.5. The molecule has 17 heavy (non-hydrogen) atoms. The van der Waals surface area contributed by atoms with Crippen molar-refractivity contribution in [3.05, 3.63) is 18.0 Å². The highest BCUT2D eigenvalue weighted by molar-refractivity contribution is 5.77. The number of esters is 1. The van der Waals surface area contributed by atoms with Crippen LogP contribution in [-0.2, 0) is 16.6 Å². The van der Waals surface area contributed by atoms with Crippen LogP contribution >= 0.6 is 0 Å². The van der Waals surface area contributed by atoms with Gasteiger partial charge in [0, 0.05) is 18.8 Å². The Morgan fingerprint density at radius 2 is 2.47 bits per heavy atom. The van der Waals surface area contributed by atoms with Gasteiger partial charge in [-0.25, -0.2) is 4.79 Å². The zero-order valence-corrected chi connectivity index (χ0v) is 10.1. The highest BCUT2D eigenvalue weighted by Crippen LogP contribution is 2.29. The predicted octanol–water partition coefficient (Wildman–Crippen LogP) is 1.15. The number of hydrogen-bond acceptors (Lipinski definition) is 4. The van der Waals surface area contributed by atoms with Gasteiger partial charge >= 0.3 is 5.97 Å². The van der Waals surface area contributed by atoms with Gasteiger partial charge in [0.2, 0.25) is 0 Å². The van der Waals surface area contributed by atoms with E-state index in [1.165, 1.54) is 19.3 Å². The Hall–Kier alpha value is -1.36. The SMILES string of the molecule is Cn1cc(C(N)C(=O)OCCC2CCC2)cn1. The third kappa shape index (κ3) is 3.06. The van der Waals surface area contributed by atoms with Gasteiger partial charge in [-0.2, -0.15) is 5.10 Å². The first-order chi connectivity index (χ1) is 8.16. The van der Waals surface area contributed by atoms with E-state index in [0.29, 0.717) is 12.2 Å². The van der Waals surface area contributed by atoms with E-state index >= 15 is 0 Å². The molecular formula is C12H19N3O2. The number of rotatable bonds is 5. The fourth-order valence-corrected chi connectivity index (χ4v) is 1.93. The molecule has 0 amide bonds. The van der Waals surface area contributed by atoms with Crippen molar-refractivity contribution in [2.24, 2.45) is 18.7 Å². The minimum atomic E-state index is -0.718. The average molecular weight is 237 g/mol. The van der Waals surface area contributed by atoms with E-state index in [9.17, 15) is 4.79 Å². The number of carbonyl (C=O) groups excluding carboxylic acids is 1. The molecule has 1 aromatic rings. The summed E-state index contributed by atoms with van der Waals surface area (Å²) < 4.78 is 6.79. The summed E-state index contributed by atoms with van der Waals surface area (Å²) in [5, 5.41) is 3.98. The van der Waals surface area contributed by atoms with Crippen LogP contribution in [0.4, 0.5) is 0 Å². The summed E-state index contributed by atoms with van der Waals surface area (Å²) in [5.74, 6) is 0.384. The quantitative estimate of drug-likeness (QED) is 0.780. The van der Waals surface area contributed by atoms with E-state index in [4.69, 9.17) is 10.5 Å². The summed E-state index contributed by atoms with van der Waals surface area (Å²) in [6.45, 7) is 0.484. The van der Waals surface area contributed by atoms with Crippen molar-refractivity contribution in [1.82, 2.24) is 9.78 Å². The summed E-state index contributed by atoms with van der Waals surface area (Å²) in [6, 6.07) is -0.718. The van der Waals surface area contributed by atoms with Crippen molar-refractivity contribution >= 4 is 5.97 Å². The van der Waals surface area contributed by atoms with E-state index in [1.807, 2.05) is 0 Å². The maximum absolute atomic E-state index is 11.7. The van der Waals surface area contributed by atoms with Crippen LogP contribution < -0.4 is 5.73 Å². The average Bonchev–Trinajstić information content (AvgIpc) is 2.67. The van der Waals surface area contributed by atoms with Crippen LogP contribution in [0.1, 0.15) is 37.3 Å². The molecule has 0 saturated heterocycles. The molecule has 1 atom stereocenters. The molecule has 0 aliphatic heterocycles. The van der Waals surface area contributed by atoms with E-state index in [2.05, 4.69) is 5.10 Å². The number of nitrogens with zero attached hydrogens (tertiary/aromatic N) is 2. The van der Waals surface area contributed by atoms with E-state index in [1.54, 1.807) is 24.1 Å². The molecule has 0 aromatic carbocycles. The normalized spacial score (nSPS) is 17.5. The number of ether oxygens (including phenoxy) is 1. The number of hydrogen-bond donors (Lipinski definition) is 1. The lowest BCUT2D eigenvalue weighted by Crippen LogP contribution is -2.25. The smallest absolute Gasteiger partial charge is 0.327 e. The van der Waals surface area contributed by atoms with Gasteiger partial charge in [-0.05, 0) is 12.3 Å². The summed E-state index contributed by atoms with van der Waals surface area (Å²) in [4.78, 5) is 11.7. The summed E-state index contributed by atoms with van der Waals surface area (Å²) in [6.07, 6.45) is 8.15. The Labute approximate surface area is 101 Å². The van der Waals surface area contributed by atoms with Gasteiger partial charge in [-0.3, -0.25) is 4.68 Å². The maximum Gasteiger partial charge on any atom is 0.327 e. The topological polar surface area (TPSA) is 70.1 Å². The van der Waals surface area contributed by atoms with E-state index in [0.717, 1.165) is 12.3 Å². The lowest BCUT2D eigenvalue weighted by molar-refractivity contribution is -0.145. The van der Waals surface area contributed by atoms with Crippen LogP contribution in [0.2, 0.25) is 0 Å². The Bertz CT molecular complexity index is 385. The Morgan fingerprint density at radius 3 is 3.00 bits per heavy atom. The van der Waals surface area contributed by atoms with Crippen LogP contribution in [0.3, 0.4) is 0 Å². The Kier molecular flexibility index (Phi) is 3.78. The van der Waals surface area contributed by atoms with Crippen molar-refractivity contribution in [3.8, 4) is 0 Å². The van der Waals surface area contributed by atoms with Gasteiger partial charge in [0.15, 0.2) is 0 Å². The maximum atomic E-state index is 11.7. The van der Waals surface area contributed by atoms with Crippen molar-refractivity contribution in [2.75, 3.05) is 6.61 Å². The summed E-state index contributed by atoms with van der Waals surface area (Å²) >= 11 is 0. The second-order valence-corrected chi connectivity index (χ2v) is 4.68. The van der Waals surface area contributed by atoms with Crippen molar-refractivity contribution in [1.29, 1.82) is 0 Å². The fourth-order valence-electron chi connectivity index (χ4n) is 1.93. The molecule has 2 N–H and O–H groups in total. The third-order valence-electron chi connectivity index (χ3n) is 3.33. The molecule has 1 aliphatic rings. The minimum absolute atomic E-state index is 0.364. The molecular weight excluding hydrogens is 218 g/mol. The molecule has 0 spiro atoms. The molecule has 1 aromatic heterocycles. The van der Waals surface area contributed by atoms with Crippen LogP contribution in [0.25, 0.3) is 0 Å². The van der Waals surface area contributed by atoms with Crippen LogP contribution in [-0.4, -0.2) is 22.4 Å². The summed E-state index contributed by atoms with van der Waals surface area (Å²) in [5.41, 5.74) is 6.48. The van der Waals surface area contributed by atoms with E-state index in [-0.39, 0.29) is 5.97 Å².